The third kappa shape index (κ3) is 4.15. The zero-order chi connectivity index (χ0) is 19.4. The second-order valence-electron chi connectivity index (χ2n) is 6.25. The quantitative estimate of drug-likeness (QED) is 0.624. The summed E-state index contributed by atoms with van der Waals surface area (Å²) in [7, 11) is 4.72. The highest BCUT2D eigenvalue weighted by Gasteiger charge is 2.11. The first kappa shape index (κ1) is 18.6. The van der Waals surface area contributed by atoms with Crippen molar-refractivity contribution in [3.05, 3.63) is 65.4 Å². The number of esters is 2. The first-order valence-electron chi connectivity index (χ1n) is 8.41. The summed E-state index contributed by atoms with van der Waals surface area (Å²) >= 11 is 0. The Morgan fingerprint density at radius 1 is 1.00 bits per heavy atom. The number of hydrogen-bond acceptors (Lipinski definition) is 6. The van der Waals surface area contributed by atoms with Gasteiger partial charge in [0.15, 0.2) is 0 Å². The van der Waals surface area contributed by atoms with Crippen molar-refractivity contribution in [2.75, 3.05) is 21.3 Å². The Balaban J connectivity index is 1.69. The van der Waals surface area contributed by atoms with Crippen LogP contribution in [0.5, 0.6) is 0 Å². The van der Waals surface area contributed by atoms with E-state index in [-0.39, 0.29) is 11.9 Å². The zero-order valence-electron chi connectivity index (χ0n) is 15.5. The van der Waals surface area contributed by atoms with Crippen molar-refractivity contribution in [1.82, 2.24) is 14.7 Å². The molecular formula is C20H21N3O4. The Morgan fingerprint density at radius 3 is 2.30 bits per heavy atom. The van der Waals surface area contributed by atoms with Crippen LogP contribution in [0, 0.1) is 0 Å². The molecule has 0 saturated carbocycles. The molecule has 1 aromatic heterocycles. The molecule has 1 heterocycles. The van der Waals surface area contributed by atoms with Gasteiger partial charge in [0.25, 0.3) is 0 Å². The van der Waals surface area contributed by atoms with Crippen LogP contribution in [-0.4, -0.2) is 47.9 Å². The largest absolute Gasteiger partial charge is 0.465 e. The average molecular weight is 367 g/mol. The number of carbonyl (C=O) groups is 2. The topological polar surface area (TPSA) is 73.7 Å². The number of hydrogen-bond donors (Lipinski definition) is 0. The van der Waals surface area contributed by atoms with Gasteiger partial charge < -0.3 is 9.47 Å². The average Bonchev–Trinajstić information content (AvgIpc) is 3.09. The molecule has 140 valence electrons. The molecule has 0 radical (unpaired) electrons. The number of rotatable bonds is 6. The molecule has 0 aliphatic rings. The summed E-state index contributed by atoms with van der Waals surface area (Å²) in [5, 5.41) is 5.30. The van der Waals surface area contributed by atoms with Gasteiger partial charge in [-0.05, 0) is 42.9 Å². The predicted molar refractivity (Wildman–Crippen MR) is 100 cm³/mol. The maximum absolute atomic E-state index is 11.6. The molecule has 7 nitrogen and oxygen atoms in total. The van der Waals surface area contributed by atoms with E-state index < -0.39 is 0 Å². The summed E-state index contributed by atoms with van der Waals surface area (Å²) < 4.78 is 11.3. The number of ether oxygens (including phenoxy) is 2. The highest BCUT2D eigenvalue weighted by molar-refractivity contribution is 5.94. The van der Waals surface area contributed by atoms with Crippen LogP contribution in [-0.2, 0) is 22.7 Å². The summed E-state index contributed by atoms with van der Waals surface area (Å²) in [6.07, 6.45) is 1.74. The van der Waals surface area contributed by atoms with E-state index in [1.165, 1.54) is 14.2 Å². The van der Waals surface area contributed by atoms with Crippen molar-refractivity contribution in [2.45, 2.75) is 13.2 Å². The summed E-state index contributed by atoms with van der Waals surface area (Å²) in [6, 6.07) is 12.7. The van der Waals surface area contributed by atoms with Gasteiger partial charge in [-0.25, -0.2) is 9.59 Å². The minimum absolute atomic E-state index is 0.343. The van der Waals surface area contributed by atoms with Crippen molar-refractivity contribution in [1.29, 1.82) is 0 Å². The molecule has 0 aliphatic heterocycles. The lowest BCUT2D eigenvalue weighted by molar-refractivity contribution is 0.0592. The Labute approximate surface area is 157 Å². The van der Waals surface area contributed by atoms with Gasteiger partial charge in [-0.3, -0.25) is 9.58 Å². The molecule has 0 atom stereocenters. The van der Waals surface area contributed by atoms with Crippen LogP contribution >= 0.6 is 0 Å². The smallest absolute Gasteiger partial charge is 0.337 e. The summed E-state index contributed by atoms with van der Waals surface area (Å²) in [5.74, 6) is -0.707. The van der Waals surface area contributed by atoms with Crippen LogP contribution in [0.4, 0.5) is 0 Å². The fourth-order valence-electron chi connectivity index (χ4n) is 2.90. The Morgan fingerprint density at radius 2 is 1.63 bits per heavy atom. The number of nitrogens with zero attached hydrogens (tertiary/aromatic N) is 3. The van der Waals surface area contributed by atoms with Crippen molar-refractivity contribution < 1.29 is 19.1 Å². The lowest BCUT2D eigenvalue weighted by Crippen LogP contribution is -2.22. The summed E-state index contributed by atoms with van der Waals surface area (Å²) in [5.41, 5.74) is 3.05. The molecule has 2 aromatic carbocycles. The lowest BCUT2D eigenvalue weighted by Gasteiger charge is -2.17. The van der Waals surface area contributed by atoms with Gasteiger partial charge in [0.05, 0.1) is 43.7 Å². The van der Waals surface area contributed by atoms with E-state index in [2.05, 4.69) is 10.00 Å². The molecule has 0 saturated heterocycles. The molecule has 7 heteroatoms. The van der Waals surface area contributed by atoms with Crippen LogP contribution < -0.4 is 0 Å². The monoisotopic (exact) mass is 367 g/mol. The highest BCUT2D eigenvalue weighted by atomic mass is 16.5. The molecular weight excluding hydrogens is 346 g/mol. The van der Waals surface area contributed by atoms with Crippen LogP contribution in [0.2, 0.25) is 0 Å². The molecule has 3 aromatic rings. The Kier molecular flexibility index (Phi) is 5.52. The number of benzene rings is 2. The van der Waals surface area contributed by atoms with Gasteiger partial charge in [0, 0.05) is 11.9 Å². The second kappa shape index (κ2) is 8.01. The number of aromatic nitrogens is 2. The normalized spacial score (nSPS) is 11.0. The summed E-state index contributed by atoms with van der Waals surface area (Å²) in [6.45, 7) is 1.28. The SMILES string of the molecule is COC(=O)c1ccc(CN(C)Cn2ncc3cc(C(=O)OC)ccc32)cc1. The van der Waals surface area contributed by atoms with Crippen molar-refractivity contribution in [2.24, 2.45) is 0 Å². The second-order valence-corrected chi connectivity index (χ2v) is 6.25. The fourth-order valence-corrected chi connectivity index (χ4v) is 2.90. The predicted octanol–water partition coefficient (Wildman–Crippen LogP) is 2.70. The first-order valence-corrected chi connectivity index (χ1v) is 8.41. The Bertz CT molecular complexity index is 963. The lowest BCUT2D eigenvalue weighted by atomic mass is 10.1. The van der Waals surface area contributed by atoms with Gasteiger partial charge in [0.2, 0.25) is 0 Å². The maximum atomic E-state index is 11.6. The zero-order valence-corrected chi connectivity index (χ0v) is 15.5. The maximum Gasteiger partial charge on any atom is 0.337 e. The summed E-state index contributed by atoms with van der Waals surface area (Å²) in [4.78, 5) is 25.2. The van der Waals surface area contributed by atoms with Crippen LogP contribution in [0.15, 0.2) is 48.7 Å². The van der Waals surface area contributed by atoms with Gasteiger partial charge in [0.1, 0.15) is 0 Å². The van der Waals surface area contributed by atoms with E-state index in [1.807, 2.05) is 29.9 Å². The minimum Gasteiger partial charge on any atom is -0.465 e. The van der Waals surface area contributed by atoms with E-state index >= 15 is 0 Å². The van der Waals surface area contributed by atoms with Crippen molar-refractivity contribution >= 4 is 22.8 Å². The fraction of sp³-hybridized carbons (Fsp3) is 0.250. The molecule has 0 N–H and O–H groups in total. The minimum atomic E-state index is -0.364. The third-order valence-electron chi connectivity index (χ3n) is 4.27. The van der Waals surface area contributed by atoms with Gasteiger partial charge in [-0.15, -0.1) is 0 Å². The molecule has 3 rings (SSSR count). The number of fused-ring (bicyclic) bond motifs is 1. The Hall–Kier alpha value is -3.19. The van der Waals surface area contributed by atoms with E-state index in [9.17, 15) is 9.59 Å². The van der Waals surface area contributed by atoms with Crippen LogP contribution in [0.3, 0.4) is 0 Å². The molecule has 0 amide bonds. The third-order valence-corrected chi connectivity index (χ3v) is 4.27. The molecule has 0 fully saturated rings. The van der Waals surface area contributed by atoms with E-state index in [4.69, 9.17) is 9.47 Å². The molecule has 27 heavy (non-hydrogen) atoms. The van der Waals surface area contributed by atoms with E-state index in [0.717, 1.165) is 16.5 Å². The molecule has 0 unspecified atom stereocenters. The number of carbonyl (C=O) groups excluding carboxylic acids is 2. The number of methoxy groups -OCH3 is 2. The standard InChI is InChI=1S/C20H21N3O4/c1-22(12-14-4-6-15(7-5-14)19(24)26-2)13-23-18-9-8-16(20(25)27-3)10-17(18)11-21-23/h4-11H,12-13H2,1-3H3. The van der Waals surface area contributed by atoms with Gasteiger partial charge in [-0.1, -0.05) is 12.1 Å². The van der Waals surface area contributed by atoms with E-state index in [1.54, 1.807) is 30.5 Å². The molecule has 0 aliphatic carbocycles. The van der Waals surface area contributed by atoms with Gasteiger partial charge >= 0.3 is 11.9 Å². The molecule has 0 bridgehead atoms. The highest BCUT2D eigenvalue weighted by Crippen LogP contribution is 2.17. The first-order chi connectivity index (χ1) is 13.0. The molecule has 0 spiro atoms. The van der Waals surface area contributed by atoms with Crippen molar-refractivity contribution in [3.8, 4) is 0 Å². The van der Waals surface area contributed by atoms with Crippen LogP contribution in [0.1, 0.15) is 26.3 Å². The van der Waals surface area contributed by atoms with Gasteiger partial charge in [-0.2, -0.15) is 5.10 Å². The van der Waals surface area contributed by atoms with Crippen molar-refractivity contribution in [3.63, 3.8) is 0 Å². The van der Waals surface area contributed by atoms with Crippen LogP contribution in [0.25, 0.3) is 10.9 Å². The van der Waals surface area contributed by atoms with E-state index in [0.29, 0.717) is 24.3 Å².